The molecule has 4 saturated heterocycles. The first-order valence-electron chi connectivity index (χ1n) is 27.6. The second kappa shape index (κ2) is 31.4. The van der Waals surface area contributed by atoms with E-state index in [0.717, 1.165) is 77.1 Å². The van der Waals surface area contributed by atoms with E-state index in [1.54, 1.807) is 41.3 Å². The third kappa shape index (κ3) is 22.4. The largest absolute Gasteiger partial charge is 0.496 e. The topological polar surface area (TPSA) is 265 Å². The third-order valence-electron chi connectivity index (χ3n) is 13.6. The molecule has 7 rings (SSSR count). The number of nitrogen functional groups attached to an aromatic ring is 2. The van der Waals surface area contributed by atoms with Crippen molar-refractivity contribution in [1.82, 2.24) is 30.7 Å². The molecule has 452 valence electrons. The van der Waals surface area contributed by atoms with Crippen molar-refractivity contribution in [1.29, 1.82) is 0 Å². The minimum Gasteiger partial charge on any atom is -0.496 e. The summed E-state index contributed by atoms with van der Waals surface area (Å²) in [5, 5.41) is 9.68. The fraction of sp³-hybridized carbons (Fsp3) is 0.614. The Morgan fingerprint density at radius 2 is 1.16 bits per heavy atom. The molecule has 7 N–H and O–H groups in total. The normalized spacial score (nSPS) is 18.8. The molecule has 4 fully saturated rings. The number of benzene rings is 3. The molecular formula is C57H86Cl2N8O13S. The average molecular weight is 1190 g/mol. The van der Waals surface area contributed by atoms with Crippen molar-refractivity contribution in [2.24, 2.45) is 11.8 Å². The number of nitrogens with zero attached hydrogens (tertiary/aromatic N) is 3. The number of carbonyl (C=O) groups is 4. The van der Waals surface area contributed by atoms with Gasteiger partial charge in [-0.05, 0) is 130 Å². The fourth-order valence-electron chi connectivity index (χ4n) is 9.15. The first-order valence-corrected chi connectivity index (χ1v) is 29.8. The van der Waals surface area contributed by atoms with Gasteiger partial charge in [0, 0.05) is 90.8 Å². The van der Waals surface area contributed by atoms with Crippen molar-refractivity contribution in [3.63, 3.8) is 0 Å². The highest BCUT2D eigenvalue weighted by atomic mass is 35.5. The Morgan fingerprint density at radius 1 is 0.691 bits per heavy atom. The van der Waals surface area contributed by atoms with Gasteiger partial charge < -0.3 is 70.5 Å². The lowest BCUT2D eigenvalue weighted by Gasteiger charge is -2.35. The maximum atomic E-state index is 12.8. The van der Waals surface area contributed by atoms with Gasteiger partial charge in [0.25, 0.3) is 21.9 Å². The van der Waals surface area contributed by atoms with E-state index in [-0.39, 0.29) is 53.6 Å². The standard InChI is InChI=1S/C25H39ClN4O5.C18H27NO5S.C14H20ClN3O3/c1-25(2,3)35-24(32)30-9-6-17(7-10-30)15-29-8-5-11-34-18(16-29)14-28-23(31)19-12-20(26)21(27)13-22(19)33-4;1-14-5-7-16(8-6-14)25(21,22)23-13-15-9-11-19(12-10-15)17(20)24-18(2,3)4;1-20-13-6-12(16)11(15)5-10(13)14(19)18-8-9-7-17-3-2-4-21-9/h12-13,17-18H,5-11,14-16,27H2,1-4H3,(H,28,31);5-8,15H,9-13H2,1-4H3;5-6,9,17H,2-4,7-8,16H2,1H3,(H,18,19). The maximum Gasteiger partial charge on any atom is 0.410 e. The van der Waals surface area contributed by atoms with Gasteiger partial charge in [0.15, 0.2) is 0 Å². The summed E-state index contributed by atoms with van der Waals surface area (Å²) in [6, 6.07) is 12.7. The first kappa shape index (κ1) is 66.5. The fourth-order valence-corrected chi connectivity index (χ4v) is 10.5. The number of nitrogens with one attached hydrogen (secondary N) is 3. The number of likely N-dealkylation sites (tertiary alicyclic amines) is 2. The Labute approximate surface area is 488 Å². The van der Waals surface area contributed by atoms with Gasteiger partial charge in [-0.2, -0.15) is 8.42 Å². The van der Waals surface area contributed by atoms with Crippen molar-refractivity contribution in [2.45, 2.75) is 115 Å². The van der Waals surface area contributed by atoms with E-state index in [1.807, 2.05) is 53.4 Å². The monoisotopic (exact) mass is 1190 g/mol. The Morgan fingerprint density at radius 3 is 1.65 bits per heavy atom. The Hall–Kier alpha value is -5.33. The van der Waals surface area contributed by atoms with E-state index < -0.39 is 21.3 Å². The van der Waals surface area contributed by atoms with Gasteiger partial charge in [-0.1, -0.05) is 40.9 Å². The van der Waals surface area contributed by atoms with Crippen LogP contribution in [0.3, 0.4) is 0 Å². The van der Waals surface area contributed by atoms with Crippen LogP contribution in [0.15, 0.2) is 53.4 Å². The number of ether oxygens (including phenoxy) is 6. The summed E-state index contributed by atoms with van der Waals surface area (Å²) in [6.45, 7) is 22.2. The van der Waals surface area contributed by atoms with Crippen LogP contribution in [0.5, 0.6) is 11.5 Å². The van der Waals surface area contributed by atoms with Gasteiger partial charge in [-0.25, -0.2) is 9.59 Å². The van der Waals surface area contributed by atoms with Gasteiger partial charge >= 0.3 is 12.2 Å². The molecule has 0 aliphatic carbocycles. The lowest BCUT2D eigenvalue weighted by atomic mass is 9.96. The zero-order valence-electron chi connectivity index (χ0n) is 48.5. The summed E-state index contributed by atoms with van der Waals surface area (Å²) in [5.74, 6) is 0.862. The van der Waals surface area contributed by atoms with E-state index in [9.17, 15) is 27.6 Å². The minimum absolute atomic E-state index is 0.0355. The molecule has 24 heteroatoms. The van der Waals surface area contributed by atoms with E-state index in [1.165, 1.54) is 26.4 Å². The van der Waals surface area contributed by atoms with Crippen LogP contribution >= 0.6 is 23.2 Å². The molecule has 0 aromatic heterocycles. The zero-order chi connectivity index (χ0) is 59.5. The van der Waals surface area contributed by atoms with Crippen molar-refractivity contribution in [3.05, 3.63) is 75.3 Å². The molecule has 2 unspecified atom stereocenters. The van der Waals surface area contributed by atoms with Crippen LogP contribution in [-0.4, -0.2) is 177 Å². The Kier molecular flexibility index (Phi) is 25.7. The number of anilines is 2. The molecule has 3 aromatic carbocycles. The van der Waals surface area contributed by atoms with Crippen molar-refractivity contribution in [3.8, 4) is 11.5 Å². The van der Waals surface area contributed by atoms with E-state index >= 15 is 0 Å². The number of aryl methyl sites for hydroxylation is 1. The quantitative estimate of drug-likeness (QED) is 0.0762. The van der Waals surface area contributed by atoms with Crippen LogP contribution in [0.25, 0.3) is 0 Å². The van der Waals surface area contributed by atoms with Crippen LogP contribution in [0, 0.1) is 18.8 Å². The van der Waals surface area contributed by atoms with E-state index in [2.05, 4.69) is 20.9 Å². The third-order valence-corrected chi connectivity index (χ3v) is 15.5. The van der Waals surface area contributed by atoms with Gasteiger partial charge in [-0.15, -0.1) is 0 Å². The Bertz CT molecular complexity index is 2630. The van der Waals surface area contributed by atoms with Crippen molar-refractivity contribution >= 4 is 68.7 Å². The number of hydrogen-bond acceptors (Lipinski definition) is 17. The van der Waals surface area contributed by atoms with Crippen molar-refractivity contribution in [2.75, 3.05) is 117 Å². The van der Waals surface area contributed by atoms with Crippen molar-refractivity contribution < 1.29 is 60.2 Å². The van der Waals surface area contributed by atoms with Crippen LogP contribution in [0.2, 0.25) is 10.0 Å². The number of hydrogen-bond donors (Lipinski definition) is 5. The molecule has 2 atom stereocenters. The summed E-state index contributed by atoms with van der Waals surface area (Å²) < 4.78 is 62.6. The first-order chi connectivity index (χ1) is 38.2. The van der Waals surface area contributed by atoms with E-state index in [4.69, 9.17) is 67.3 Å². The van der Waals surface area contributed by atoms with Crippen LogP contribution < -0.4 is 36.9 Å². The smallest absolute Gasteiger partial charge is 0.410 e. The van der Waals surface area contributed by atoms with Crippen LogP contribution in [-0.2, 0) is 33.2 Å². The highest BCUT2D eigenvalue weighted by Gasteiger charge is 2.31. The molecule has 4 heterocycles. The second-order valence-corrected chi connectivity index (χ2v) is 25.0. The van der Waals surface area contributed by atoms with Gasteiger partial charge in [-0.3, -0.25) is 13.8 Å². The molecule has 0 bridgehead atoms. The highest BCUT2D eigenvalue weighted by Crippen LogP contribution is 2.31. The number of piperidine rings is 2. The Balaban J connectivity index is 0.000000232. The molecular weight excluding hydrogens is 1110 g/mol. The summed E-state index contributed by atoms with van der Waals surface area (Å²) >= 11 is 12.1. The molecule has 0 spiro atoms. The predicted molar refractivity (Wildman–Crippen MR) is 313 cm³/mol. The molecule has 0 saturated carbocycles. The summed E-state index contributed by atoms with van der Waals surface area (Å²) in [5.41, 5.74) is 13.0. The number of methoxy groups -OCH3 is 2. The maximum absolute atomic E-state index is 12.8. The number of carbonyl (C=O) groups excluding carboxylic acids is 4. The van der Waals surface area contributed by atoms with Gasteiger partial charge in [0.05, 0.1) is 70.5 Å². The summed E-state index contributed by atoms with van der Waals surface area (Å²) in [4.78, 5) is 55.4. The molecule has 81 heavy (non-hydrogen) atoms. The number of halogens is 2. The predicted octanol–water partition coefficient (Wildman–Crippen LogP) is 7.79. The highest BCUT2D eigenvalue weighted by molar-refractivity contribution is 7.86. The van der Waals surface area contributed by atoms with E-state index in [0.29, 0.717) is 102 Å². The lowest BCUT2D eigenvalue weighted by Crippen LogP contribution is -2.45. The molecule has 4 aliphatic rings. The SMILES string of the molecule is COc1cc(N)c(Cl)cc1C(=O)NCC1CN(CC2CCN(C(=O)OC(C)(C)C)CC2)CCCO1.COc1cc(N)c(Cl)cc1C(=O)NCC1CNCCCO1.Cc1ccc(S(=O)(=O)OCC2CCN(C(=O)OC(C)(C)C)CC2)cc1. The zero-order valence-corrected chi connectivity index (χ0v) is 50.9. The van der Waals surface area contributed by atoms with Gasteiger partial charge in [0.2, 0.25) is 0 Å². The molecule has 4 amide bonds. The summed E-state index contributed by atoms with van der Waals surface area (Å²) in [6.07, 6.45) is 4.53. The lowest BCUT2D eigenvalue weighted by molar-refractivity contribution is 0.0153. The average Bonchev–Trinajstić information content (AvgIpc) is 3.85. The molecule has 4 aliphatic heterocycles. The molecule has 3 aromatic rings. The minimum atomic E-state index is -3.74. The summed E-state index contributed by atoms with van der Waals surface area (Å²) in [7, 11) is -0.762. The second-order valence-electron chi connectivity index (χ2n) is 22.6. The molecule has 0 radical (unpaired) electrons. The van der Waals surface area contributed by atoms with Gasteiger partial charge in [0.1, 0.15) is 22.7 Å². The molecule has 21 nitrogen and oxygen atoms in total. The number of nitrogens with two attached hydrogens (primary N) is 2. The number of rotatable bonds is 14. The van der Waals surface area contributed by atoms with Crippen LogP contribution in [0.1, 0.15) is 106 Å². The van der Waals surface area contributed by atoms with Crippen LogP contribution in [0.4, 0.5) is 21.0 Å². The number of amides is 4.